The van der Waals surface area contributed by atoms with Crippen molar-refractivity contribution in [3.05, 3.63) is 40.3 Å². The Kier molecular flexibility index (Phi) is 2.68. The summed E-state index contributed by atoms with van der Waals surface area (Å²) in [6, 6.07) is 2.49. The van der Waals surface area contributed by atoms with Crippen molar-refractivity contribution in [3.63, 3.8) is 0 Å². The maximum absolute atomic E-state index is 12.3. The van der Waals surface area contributed by atoms with Crippen LogP contribution in [0.25, 0.3) is 0 Å². The Hall–Kier alpha value is -1.62. The predicted molar refractivity (Wildman–Crippen MR) is 65.8 cm³/mol. The van der Waals surface area contributed by atoms with Gasteiger partial charge in [0.05, 0.1) is 11.8 Å². The van der Waals surface area contributed by atoms with E-state index in [2.05, 4.69) is 21.6 Å². The molecule has 4 nitrogen and oxygen atoms in total. The average Bonchev–Trinajstić information content (AvgIpc) is 2.86. The summed E-state index contributed by atoms with van der Waals surface area (Å²) in [6.45, 7) is 0.707. The molecule has 0 atom stereocenters. The predicted octanol–water partition coefficient (Wildman–Crippen LogP) is 2.28. The smallest absolute Gasteiger partial charge is 0.257 e. The van der Waals surface area contributed by atoms with Gasteiger partial charge < -0.3 is 4.90 Å². The van der Waals surface area contributed by atoms with Crippen LogP contribution in [-0.4, -0.2) is 27.0 Å². The fraction of sp³-hybridized carbons (Fsp3) is 0.333. The highest BCUT2D eigenvalue weighted by Gasteiger charge is 2.33. The van der Waals surface area contributed by atoms with Crippen LogP contribution in [-0.2, 0) is 6.54 Å². The molecule has 0 aromatic carbocycles. The van der Waals surface area contributed by atoms with Crippen LogP contribution in [0.2, 0.25) is 0 Å². The lowest BCUT2D eigenvalue weighted by atomic mass is 10.2. The Labute approximate surface area is 103 Å². The van der Waals surface area contributed by atoms with E-state index in [1.54, 1.807) is 23.7 Å². The molecule has 5 heteroatoms. The summed E-state index contributed by atoms with van der Waals surface area (Å²) in [7, 11) is 0. The van der Waals surface area contributed by atoms with Crippen molar-refractivity contribution in [2.75, 3.05) is 0 Å². The third-order valence-corrected chi connectivity index (χ3v) is 3.66. The molecule has 1 amide bonds. The average molecular weight is 247 g/mol. The lowest BCUT2D eigenvalue weighted by Gasteiger charge is -2.21. The number of nitrogens with zero attached hydrogens (tertiary/aromatic N) is 2. The second-order valence-corrected chi connectivity index (χ2v) is 5.06. The lowest BCUT2D eigenvalue weighted by molar-refractivity contribution is 0.0730. The minimum absolute atomic E-state index is 0.0763. The Morgan fingerprint density at radius 2 is 2.47 bits per heavy atom. The zero-order valence-corrected chi connectivity index (χ0v) is 10.1. The zero-order valence-electron chi connectivity index (χ0n) is 9.30. The molecule has 1 aliphatic rings. The number of aromatic amines is 1. The molecule has 2 heterocycles. The number of amides is 1. The van der Waals surface area contributed by atoms with E-state index >= 15 is 0 Å². The second-order valence-electron chi connectivity index (χ2n) is 4.28. The number of hydrogen-bond acceptors (Lipinski definition) is 3. The molecule has 1 saturated carbocycles. The number of thiophene rings is 1. The van der Waals surface area contributed by atoms with Gasteiger partial charge in [0, 0.05) is 18.8 Å². The van der Waals surface area contributed by atoms with E-state index in [4.69, 9.17) is 0 Å². The van der Waals surface area contributed by atoms with E-state index in [0.29, 0.717) is 18.2 Å². The van der Waals surface area contributed by atoms with Crippen molar-refractivity contribution in [1.82, 2.24) is 15.1 Å². The molecule has 0 unspecified atom stereocenters. The molecule has 17 heavy (non-hydrogen) atoms. The fourth-order valence-electron chi connectivity index (χ4n) is 1.87. The SMILES string of the molecule is O=C(c1cn[nH]c1)N(Cc1ccsc1)C1CC1. The topological polar surface area (TPSA) is 49.0 Å². The van der Waals surface area contributed by atoms with Crippen molar-refractivity contribution < 1.29 is 4.79 Å². The summed E-state index contributed by atoms with van der Waals surface area (Å²) < 4.78 is 0. The number of carbonyl (C=O) groups is 1. The molecule has 0 spiro atoms. The Morgan fingerprint density at radius 1 is 1.59 bits per heavy atom. The Morgan fingerprint density at radius 3 is 3.06 bits per heavy atom. The molecule has 3 rings (SSSR count). The van der Waals surface area contributed by atoms with Crippen LogP contribution < -0.4 is 0 Å². The van der Waals surface area contributed by atoms with Crippen molar-refractivity contribution in [1.29, 1.82) is 0 Å². The van der Waals surface area contributed by atoms with Gasteiger partial charge in [-0.2, -0.15) is 16.4 Å². The van der Waals surface area contributed by atoms with E-state index < -0.39 is 0 Å². The quantitative estimate of drug-likeness (QED) is 0.901. The van der Waals surface area contributed by atoms with E-state index in [1.165, 1.54) is 5.56 Å². The van der Waals surface area contributed by atoms with E-state index in [1.807, 2.05) is 10.3 Å². The first kappa shape index (κ1) is 10.5. The molecule has 88 valence electrons. The van der Waals surface area contributed by atoms with Gasteiger partial charge in [-0.25, -0.2) is 0 Å². The number of nitrogens with one attached hydrogen (secondary N) is 1. The zero-order chi connectivity index (χ0) is 11.7. The standard InChI is InChI=1S/C12H13N3OS/c16-12(10-5-13-14-6-10)15(11-1-2-11)7-9-3-4-17-8-9/h3-6,8,11H,1-2,7H2,(H,13,14). The van der Waals surface area contributed by atoms with Gasteiger partial charge in [0.15, 0.2) is 0 Å². The molecule has 2 aromatic rings. The molecule has 1 aliphatic carbocycles. The van der Waals surface area contributed by atoms with Gasteiger partial charge in [0.1, 0.15) is 0 Å². The van der Waals surface area contributed by atoms with Crippen LogP contribution >= 0.6 is 11.3 Å². The van der Waals surface area contributed by atoms with Crippen LogP contribution in [0.3, 0.4) is 0 Å². The highest BCUT2D eigenvalue weighted by atomic mass is 32.1. The Bertz CT molecular complexity index is 488. The molecule has 0 aliphatic heterocycles. The minimum atomic E-state index is 0.0763. The lowest BCUT2D eigenvalue weighted by Crippen LogP contribution is -2.32. The number of hydrogen-bond donors (Lipinski definition) is 1. The normalized spacial score (nSPS) is 14.8. The van der Waals surface area contributed by atoms with E-state index in [-0.39, 0.29) is 5.91 Å². The summed E-state index contributed by atoms with van der Waals surface area (Å²) in [5.74, 6) is 0.0763. The minimum Gasteiger partial charge on any atom is -0.331 e. The number of rotatable bonds is 4. The highest BCUT2D eigenvalue weighted by Crippen LogP contribution is 2.30. The molecule has 0 saturated heterocycles. The summed E-state index contributed by atoms with van der Waals surface area (Å²) >= 11 is 1.67. The Balaban J connectivity index is 1.78. The summed E-state index contributed by atoms with van der Waals surface area (Å²) in [5.41, 5.74) is 1.85. The molecular weight excluding hydrogens is 234 g/mol. The van der Waals surface area contributed by atoms with Crippen molar-refractivity contribution >= 4 is 17.2 Å². The van der Waals surface area contributed by atoms with Gasteiger partial charge in [-0.05, 0) is 35.2 Å². The van der Waals surface area contributed by atoms with E-state index in [0.717, 1.165) is 12.8 Å². The van der Waals surface area contributed by atoms with Gasteiger partial charge in [-0.1, -0.05) is 0 Å². The second kappa shape index (κ2) is 4.33. The first-order valence-electron chi connectivity index (χ1n) is 5.65. The van der Waals surface area contributed by atoms with Gasteiger partial charge >= 0.3 is 0 Å². The highest BCUT2D eigenvalue weighted by molar-refractivity contribution is 7.07. The van der Waals surface area contributed by atoms with E-state index in [9.17, 15) is 4.79 Å². The number of carbonyl (C=O) groups excluding carboxylic acids is 1. The van der Waals surface area contributed by atoms with Crippen LogP contribution in [0.1, 0.15) is 28.8 Å². The van der Waals surface area contributed by atoms with Gasteiger partial charge in [0.2, 0.25) is 0 Å². The largest absolute Gasteiger partial charge is 0.331 e. The summed E-state index contributed by atoms with van der Waals surface area (Å²) in [5, 5.41) is 10.7. The maximum atomic E-state index is 12.3. The molecule has 2 aromatic heterocycles. The van der Waals surface area contributed by atoms with Crippen LogP contribution in [0.4, 0.5) is 0 Å². The van der Waals surface area contributed by atoms with Gasteiger partial charge in [-0.3, -0.25) is 9.89 Å². The first-order chi connectivity index (χ1) is 8.34. The fourth-order valence-corrected chi connectivity index (χ4v) is 2.53. The third-order valence-electron chi connectivity index (χ3n) is 2.93. The van der Waals surface area contributed by atoms with Crippen LogP contribution in [0.15, 0.2) is 29.2 Å². The van der Waals surface area contributed by atoms with Crippen molar-refractivity contribution in [2.24, 2.45) is 0 Å². The molecular formula is C12H13N3OS. The van der Waals surface area contributed by atoms with Crippen molar-refractivity contribution in [2.45, 2.75) is 25.4 Å². The monoisotopic (exact) mass is 247 g/mol. The van der Waals surface area contributed by atoms with Crippen molar-refractivity contribution in [3.8, 4) is 0 Å². The molecule has 0 radical (unpaired) electrons. The van der Waals surface area contributed by atoms with Gasteiger partial charge in [0.25, 0.3) is 5.91 Å². The number of aromatic nitrogens is 2. The van der Waals surface area contributed by atoms with Gasteiger partial charge in [-0.15, -0.1) is 0 Å². The molecule has 0 bridgehead atoms. The number of H-pyrrole nitrogens is 1. The maximum Gasteiger partial charge on any atom is 0.257 e. The first-order valence-corrected chi connectivity index (χ1v) is 6.59. The third kappa shape index (κ3) is 2.24. The van der Waals surface area contributed by atoms with Crippen LogP contribution in [0.5, 0.6) is 0 Å². The molecule has 1 N–H and O–H groups in total. The molecule has 1 fully saturated rings. The summed E-state index contributed by atoms with van der Waals surface area (Å²) in [4.78, 5) is 14.2. The summed E-state index contributed by atoms with van der Waals surface area (Å²) in [6.07, 6.45) is 5.48. The van der Waals surface area contributed by atoms with Crippen LogP contribution in [0, 0.1) is 0 Å².